The van der Waals surface area contributed by atoms with Gasteiger partial charge < -0.3 is 24.6 Å². The summed E-state index contributed by atoms with van der Waals surface area (Å²) in [6.45, 7) is 0.0271. The molecule has 2 aromatic carbocycles. The lowest BCUT2D eigenvalue weighted by Crippen LogP contribution is -2.39. The van der Waals surface area contributed by atoms with Gasteiger partial charge in [0.2, 0.25) is 0 Å². The Kier molecular flexibility index (Phi) is 5.54. The molecular formula is C19H20ClNO5. The van der Waals surface area contributed by atoms with Crippen molar-refractivity contribution >= 4 is 17.5 Å². The van der Waals surface area contributed by atoms with E-state index in [1.807, 2.05) is 0 Å². The maximum absolute atomic E-state index is 12.4. The van der Waals surface area contributed by atoms with Gasteiger partial charge in [-0.2, -0.15) is 0 Å². The van der Waals surface area contributed by atoms with Gasteiger partial charge in [-0.15, -0.1) is 0 Å². The summed E-state index contributed by atoms with van der Waals surface area (Å²) in [5, 5.41) is 13.8. The number of halogens is 1. The molecule has 1 aliphatic rings. The number of methoxy groups -OCH3 is 2. The quantitative estimate of drug-likeness (QED) is 0.808. The molecule has 1 amide bonds. The number of amides is 1. The van der Waals surface area contributed by atoms with E-state index in [9.17, 15) is 9.90 Å². The lowest BCUT2D eigenvalue weighted by atomic mass is 10.1. The Hall–Kier alpha value is -2.44. The Morgan fingerprint density at radius 2 is 2.12 bits per heavy atom. The van der Waals surface area contributed by atoms with E-state index >= 15 is 0 Å². The van der Waals surface area contributed by atoms with Crippen LogP contribution in [0.25, 0.3) is 0 Å². The summed E-state index contributed by atoms with van der Waals surface area (Å²) < 4.78 is 16.1. The first-order chi connectivity index (χ1) is 12.5. The topological polar surface area (TPSA) is 77.0 Å². The minimum atomic E-state index is -0.942. The molecule has 1 aliphatic heterocycles. The molecular weight excluding hydrogens is 358 g/mol. The third kappa shape index (κ3) is 3.86. The lowest BCUT2D eigenvalue weighted by Gasteiger charge is -2.18. The molecule has 6 nitrogen and oxygen atoms in total. The molecule has 0 radical (unpaired) electrons. The molecule has 2 N–H and O–H groups in total. The first kappa shape index (κ1) is 18.4. The fourth-order valence-corrected chi connectivity index (χ4v) is 3.08. The van der Waals surface area contributed by atoms with Crippen LogP contribution in [0.5, 0.6) is 17.2 Å². The Balaban J connectivity index is 1.62. The van der Waals surface area contributed by atoms with E-state index in [1.165, 1.54) is 7.11 Å². The van der Waals surface area contributed by atoms with Crippen molar-refractivity contribution in [3.05, 3.63) is 52.5 Å². The van der Waals surface area contributed by atoms with Gasteiger partial charge in [0.25, 0.3) is 5.91 Å². The van der Waals surface area contributed by atoms with Crippen LogP contribution in [0.4, 0.5) is 0 Å². The van der Waals surface area contributed by atoms with Gasteiger partial charge in [0, 0.05) is 23.6 Å². The summed E-state index contributed by atoms with van der Waals surface area (Å²) in [7, 11) is 3.06. The van der Waals surface area contributed by atoms with Gasteiger partial charge in [-0.1, -0.05) is 11.6 Å². The zero-order valence-corrected chi connectivity index (χ0v) is 15.2. The number of hydrogen-bond acceptors (Lipinski definition) is 5. The number of aliphatic hydroxyl groups is 1. The van der Waals surface area contributed by atoms with E-state index in [4.69, 9.17) is 25.8 Å². The van der Waals surface area contributed by atoms with Crippen molar-refractivity contribution in [2.75, 3.05) is 20.8 Å². The maximum atomic E-state index is 12.4. The summed E-state index contributed by atoms with van der Waals surface area (Å²) >= 11 is 5.96. The zero-order chi connectivity index (χ0) is 18.7. The van der Waals surface area contributed by atoms with Crippen LogP contribution >= 0.6 is 11.6 Å². The molecule has 0 aliphatic carbocycles. The van der Waals surface area contributed by atoms with Crippen molar-refractivity contribution in [1.82, 2.24) is 5.32 Å². The van der Waals surface area contributed by atoms with Gasteiger partial charge >= 0.3 is 0 Å². The molecule has 0 aromatic heterocycles. The van der Waals surface area contributed by atoms with Gasteiger partial charge in [0.15, 0.2) is 6.10 Å². The number of nitrogens with one attached hydrogen (secondary N) is 1. The molecule has 2 atom stereocenters. The minimum absolute atomic E-state index is 0.0271. The van der Waals surface area contributed by atoms with Crippen LogP contribution in [0.2, 0.25) is 5.02 Å². The van der Waals surface area contributed by atoms with Gasteiger partial charge in [-0.3, -0.25) is 4.79 Å². The highest BCUT2D eigenvalue weighted by Crippen LogP contribution is 2.32. The molecule has 7 heteroatoms. The number of carbonyl (C=O) groups excluding carboxylic acids is 1. The largest absolute Gasteiger partial charge is 0.497 e. The Labute approximate surface area is 156 Å². The van der Waals surface area contributed by atoms with Crippen molar-refractivity contribution < 1.29 is 24.1 Å². The number of aliphatic hydroxyl groups excluding tert-OH is 1. The number of hydrogen-bond donors (Lipinski definition) is 2. The summed E-state index contributed by atoms with van der Waals surface area (Å²) in [6.07, 6.45) is -1.13. The second-order valence-electron chi connectivity index (χ2n) is 5.93. The van der Waals surface area contributed by atoms with Gasteiger partial charge in [-0.05, 0) is 42.0 Å². The minimum Gasteiger partial charge on any atom is -0.497 e. The summed E-state index contributed by atoms with van der Waals surface area (Å²) in [5.74, 6) is 1.48. The van der Waals surface area contributed by atoms with Crippen LogP contribution in [0.3, 0.4) is 0 Å². The van der Waals surface area contributed by atoms with E-state index in [0.717, 1.165) is 5.56 Å². The molecule has 1 heterocycles. The number of rotatable bonds is 6. The normalized spacial score (nSPS) is 16.4. The number of carbonyl (C=O) groups is 1. The van der Waals surface area contributed by atoms with E-state index < -0.39 is 12.2 Å². The highest BCUT2D eigenvalue weighted by Gasteiger charge is 2.29. The van der Waals surface area contributed by atoms with Crippen molar-refractivity contribution in [2.45, 2.75) is 18.6 Å². The van der Waals surface area contributed by atoms with E-state index in [0.29, 0.717) is 34.3 Å². The average molecular weight is 378 g/mol. The van der Waals surface area contributed by atoms with Crippen molar-refractivity contribution in [3.8, 4) is 17.2 Å². The second kappa shape index (κ2) is 7.85. The molecule has 26 heavy (non-hydrogen) atoms. The third-order valence-corrected chi connectivity index (χ3v) is 4.49. The van der Waals surface area contributed by atoms with Crippen LogP contribution in [-0.2, 0) is 11.2 Å². The SMILES string of the molecule is COc1ccc(OC)c(C(O)CNC(=O)C2Cc3cc(Cl)ccc3O2)c1. The Bertz CT molecular complexity index is 811. The predicted molar refractivity (Wildman–Crippen MR) is 97.1 cm³/mol. The molecule has 0 fully saturated rings. The standard InChI is InChI=1S/C19H20ClNO5/c1-24-13-4-6-17(25-2)14(9-13)15(22)10-21-19(23)18-8-11-7-12(20)3-5-16(11)26-18/h3-7,9,15,18,22H,8,10H2,1-2H3,(H,21,23). The average Bonchev–Trinajstić information content (AvgIpc) is 3.08. The molecule has 0 bridgehead atoms. The molecule has 0 saturated heterocycles. The van der Waals surface area contributed by atoms with Crippen molar-refractivity contribution in [3.63, 3.8) is 0 Å². The fourth-order valence-electron chi connectivity index (χ4n) is 2.88. The van der Waals surface area contributed by atoms with E-state index in [-0.39, 0.29) is 12.5 Å². The number of fused-ring (bicyclic) bond motifs is 1. The van der Waals surface area contributed by atoms with Crippen molar-refractivity contribution in [1.29, 1.82) is 0 Å². The summed E-state index contributed by atoms with van der Waals surface area (Å²) in [6, 6.07) is 10.4. The maximum Gasteiger partial charge on any atom is 0.261 e. The highest BCUT2D eigenvalue weighted by molar-refractivity contribution is 6.30. The van der Waals surface area contributed by atoms with Crippen LogP contribution in [-0.4, -0.2) is 37.9 Å². The smallest absolute Gasteiger partial charge is 0.261 e. The van der Waals surface area contributed by atoms with Gasteiger partial charge in [0.05, 0.1) is 20.3 Å². The fraction of sp³-hybridized carbons (Fsp3) is 0.316. The molecule has 3 rings (SSSR count). The monoisotopic (exact) mass is 377 g/mol. The number of benzene rings is 2. The Morgan fingerprint density at radius 1 is 1.31 bits per heavy atom. The van der Waals surface area contributed by atoms with Crippen molar-refractivity contribution in [2.24, 2.45) is 0 Å². The van der Waals surface area contributed by atoms with Crippen LogP contribution in [0.1, 0.15) is 17.2 Å². The van der Waals surface area contributed by atoms with Gasteiger partial charge in [-0.25, -0.2) is 0 Å². The zero-order valence-electron chi connectivity index (χ0n) is 14.5. The second-order valence-corrected chi connectivity index (χ2v) is 6.37. The van der Waals surface area contributed by atoms with E-state index in [2.05, 4.69) is 5.32 Å². The summed E-state index contributed by atoms with van der Waals surface area (Å²) in [4.78, 5) is 12.4. The van der Waals surface area contributed by atoms with E-state index in [1.54, 1.807) is 43.5 Å². The molecule has 138 valence electrons. The third-order valence-electron chi connectivity index (χ3n) is 4.26. The van der Waals surface area contributed by atoms with Crippen LogP contribution in [0, 0.1) is 0 Å². The summed E-state index contributed by atoms with van der Waals surface area (Å²) in [5.41, 5.74) is 1.43. The lowest BCUT2D eigenvalue weighted by molar-refractivity contribution is -0.127. The molecule has 0 saturated carbocycles. The predicted octanol–water partition coefficient (Wildman–Crippen LogP) is 2.51. The van der Waals surface area contributed by atoms with Crippen LogP contribution in [0.15, 0.2) is 36.4 Å². The molecule has 2 aromatic rings. The van der Waals surface area contributed by atoms with Crippen LogP contribution < -0.4 is 19.5 Å². The highest BCUT2D eigenvalue weighted by atomic mass is 35.5. The first-order valence-electron chi connectivity index (χ1n) is 8.14. The van der Waals surface area contributed by atoms with Gasteiger partial charge in [0.1, 0.15) is 17.2 Å². The molecule has 0 spiro atoms. The first-order valence-corrected chi connectivity index (χ1v) is 8.52. The Morgan fingerprint density at radius 3 is 2.85 bits per heavy atom. The number of ether oxygens (including phenoxy) is 3. The molecule has 2 unspecified atom stereocenters.